The molecule has 0 aliphatic carbocycles. The van der Waals surface area contributed by atoms with E-state index in [2.05, 4.69) is 22.3 Å². The normalized spacial score (nSPS) is 10.7. The van der Waals surface area contributed by atoms with Crippen molar-refractivity contribution in [2.45, 2.75) is 20.0 Å². The molecule has 0 bridgehead atoms. The summed E-state index contributed by atoms with van der Waals surface area (Å²) in [6.45, 7) is 4.42. The van der Waals surface area contributed by atoms with Gasteiger partial charge < -0.3 is 5.32 Å². The molecule has 1 heterocycles. The third kappa shape index (κ3) is 3.28. The van der Waals surface area contributed by atoms with Crippen molar-refractivity contribution in [3.05, 3.63) is 47.0 Å². The maximum Gasteiger partial charge on any atom is 0.141 e. The van der Waals surface area contributed by atoms with Crippen LogP contribution in [0.5, 0.6) is 0 Å². The van der Waals surface area contributed by atoms with E-state index >= 15 is 0 Å². The van der Waals surface area contributed by atoms with Gasteiger partial charge in [-0.2, -0.15) is 5.10 Å². The highest BCUT2D eigenvalue weighted by Crippen LogP contribution is 2.12. The van der Waals surface area contributed by atoms with Gasteiger partial charge in [0.05, 0.1) is 13.1 Å². The highest BCUT2D eigenvalue weighted by Gasteiger charge is 2.04. The van der Waals surface area contributed by atoms with E-state index in [0.717, 1.165) is 29.5 Å². The van der Waals surface area contributed by atoms with Crippen LogP contribution in [0.3, 0.4) is 0 Å². The molecule has 4 nitrogen and oxygen atoms in total. The summed E-state index contributed by atoms with van der Waals surface area (Å²) >= 11 is 5.95. The molecule has 0 aliphatic rings. The Bertz CT molecular complexity index is 481. The van der Waals surface area contributed by atoms with Gasteiger partial charge in [0.2, 0.25) is 0 Å². The van der Waals surface area contributed by atoms with Crippen molar-refractivity contribution >= 4 is 11.6 Å². The molecule has 0 aliphatic heterocycles. The minimum absolute atomic E-state index is 0.696. The Morgan fingerprint density at radius 2 is 2.29 bits per heavy atom. The Hall–Kier alpha value is -1.39. The highest BCUT2D eigenvalue weighted by atomic mass is 35.5. The number of benzene rings is 1. The SMILES string of the molecule is CCNCc1ncnn1Cc1cccc(Cl)c1. The van der Waals surface area contributed by atoms with Gasteiger partial charge in [0.1, 0.15) is 12.2 Å². The molecule has 2 rings (SSSR count). The molecule has 0 saturated heterocycles. The standard InChI is InChI=1S/C12H15ClN4/c1-2-14-7-12-15-9-16-17(12)8-10-4-3-5-11(13)6-10/h3-6,9,14H,2,7-8H2,1H3. The molecule has 0 saturated carbocycles. The van der Waals surface area contributed by atoms with Crippen molar-refractivity contribution in [2.75, 3.05) is 6.54 Å². The van der Waals surface area contributed by atoms with Crippen LogP contribution in [0.1, 0.15) is 18.3 Å². The third-order valence-corrected chi connectivity index (χ3v) is 2.69. The topological polar surface area (TPSA) is 42.7 Å². The smallest absolute Gasteiger partial charge is 0.141 e. The van der Waals surface area contributed by atoms with E-state index in [4.69, 9.17) is 11.6 Å². The Morgan fingerprint density at radius 1 is 1.41 bits per heavy atom. The van der Waals surface area contributed by atoms with E-state index in [1.165, 1.54) is 0 Å². The summed E-state index contributed by atoms with van der Waals surface area (Å²) in [5.41, 5.74) is 1.13. The highest BCUT2D eigenvalue weighted by molar-refractivity contribution is 6.30. The Labute approximate surface area is 106 Å². The fourth-order valence-corrected chi connectivity index (χ4v) is 1.82. The minimum Gasteiger partial charge on any atom is -0.310 e. The summed E-state index contributed by atoms with van der Waals surface area (Å²) in [6.07, 6.45) is 1.58. The predicted octanol–water partition coefficient (Wildman–Crippen LogP) is 2.09. The number of nitrogens with one attached hydrogen (secondary N) is 1. The molecule has 5 heteroatoms. The molecule has 2 aromatic rings. The summed E-state index contributed by atoms with van der Waals surface area (Å²) in [5, 5.41) is 8.20. The van der Waals surface area contributed by atoms with E-state index in [9.17, 15) is 0 Å². The van der Waals surface area contributed by atoms with Crippen LogP contribution in [0.4, 0.5) is 0 Å². The summed E-state index contributed by atoms with van der Waals surface area (Å²) < 4.78 is 1.88. The zero-order chi connectivity index (χ0) is 12.1. The van der Waals surface area contributed by atoms with Gasteiger partial charge in [0.25, 0.3) is 0 Å². The second-order valence-corrected chi connectivity index (χ2v) is 4.18. The van der Waals surface area contributed by atoms with Gasteiger partial charge in [-0.1, -0.05) is 30.7 Å². The zero-order valence-electron chi connectivity index (χ0n) is 9.73. The molecule has 17 heavy (non-hydrogen) atoms. The second-order valence-electron chi connectivity index (χ2n) is 3.74. The average molecular weight is 251 g/mol. The molecule has 0 atom stereocenters. The van der Waals surface area contributed by atoms with E-state index in [1.807, 2.05) is 28.9 Å². The fourth-order valence-electron chi connectivity index (χ4n) is 1.60. The summed E-state index contributed by atoms with van der Waals surface area (Å²) in [7, 11) is 0. The Balaban J connectivity index is 2.10. The fraction of sp³-hybridized carbons (Fsp3) is 0.333. The number of halogens is 1. The van der Waals surface area contributed by atoms with Crippen molar-refractivity contribution in [3.8, 4) is 0 Å². The van der Waals surface area contributed by atoms with E-state index in [1.54, 1.807) is 6.33 Å². The average Bonchev–Trinajstić information content (AvgIpc) is 2.74. The maximum atomic E-state index is 5.95. The first-order chi connectivity index (χ1) is 8.29. The molecule has 1 aromatic heterocycles. The third-order valence-electron chi connectivity index (χ3n) is 2.45. The molecule has 0 radical (unpaired) electrons. The lowest BCUT2D eigenvalue weighted by atomic mass is 10.2. The first-order valence-electron chi connectivity index (χ1n) is 5.61. The van der Waals surface area contributed by atoms with Crippen LogP contribution in [0.15, 0.2) is 30.6 Å². The zero-order valence-corrected chi connectivity index (χ0v) is 10.5. The van der Waals surface area contributed by atoms with Crippen LogP contribution in [-0.2, 0) is 13.1 Å². The van der Waals surface area contributed by atoms with Gasteiger partial charge in [0.15, 0.2) is 0 Å². The number of hydrogen-bond acceptors (Lipinski definition) is 3. The van der Waals surface area contributed by atoms with Gasteiger partial charge in [-0.3, -0.25) is 0 Å². The van der Waals surface area contributed by atoms with Crippen molar-refractivity contribution < 1.29 is 0 Å². The quantitative estimate of drug-likeness (QED) is 0.884. The van der Waals surface area contributed by atoms with Crippen molar-refractivity contribution in [3.63, 3.8) is 0 Å². The molecule has 1 aromatic carbocycles. The Kier molecular flexibility index (Phi) is 4.12. The monoisotopic (exact) mass is 250 g/mol. The van der Waals surface area contributed by atoms with Gasteiger partial charge >= 0.3 is 0 Å². The lowest BCUT2D eigenvalue weighted by molar-refractivity contribution is 0.596. The summed E-state index contributed by atoms with van der Waals surface area (Å²) in [5.74, 6) is 0.937. The molecule has 0 amide bonds. The molecular formula is C12H15ClN4. The lowest BCUT2D eigenvalue weighted by Gasteiger charge is -2.06. The number of nitrogens with zero attached hydrogens (tertiary/aromatic N) is 3. The molecule has 1 N–H and O–H groups in total. The molecule has 0 unspecified atom stereocenters. The van der Waals surface area contributed by atoms with Crippen molar-refractivity contribution in [1.82, 2.24) is 20.1 Å². The first kappa shape index (κ1) is 12.1. The molecule has 0 fully saturated rings. The van der Waals surface area contributed by atoms with Gasteiger partial charge in [-0.15, -0.1) is 0 Å². The number of aromatic nitrogens is 3. The van der Waals surface area contributed by atoms with Crippen LogP contribution >= 0.6 is 11.6 Å². The van der Waals surface area contributed by atoms with Crippen LogP contribution in [-0.4, -0.2) is 21.3 Å². The van der Waals surface area contributed by atoms with Gasteiger partial charge in [-0.05, 0) is 24.2 Å². The van der Waals surface area contributed by atoms with Crippen LogP contribution in [0, 0.1) is 0 Å². The molecule has 90 valence electrons. The van der Waals surface area contributed by atoms with E-state index in [-0.39, 0.29) is 0 Å². The second kappa shape index (κ2) is 5.80. The van der Waals surface area contributed by atoms with Crippen molar-refractivity contribution in [2.24, 2.45) is 0 Å². The van der Waals surface area contributed by atoms with Crippen molar-refractivity contribution in [1.29, 1.82) is 0 Å². The minimum atomic E-state index is 0.696. The first-order valence-corrected chi connectivity index (χ1v) is 5.99. The number of hydrogen-bond donors (Lipinski definition) is 1. The largest absolute Gasteiger partial charge is 0.310 e. The lowest BCUT2D eigenvalue weighted by Crippen LogP contribution is -2.17. The van der Waals surface area contributed by atoms with Crippen LogP contribution in [0.25, 0.3) is 0 Å². The summed E-state index contributed by atoms with van der Waals surface area (Å²) in [4.78, 5) is 4.23. The maximum absolute atomic E-state index is 5.95. The van der Waals surface area contributed by atoms with Gasteiger partial charge in [0, 0.05) is 5.02 Å². The number of rotatable bonds is 5. The van der Waals surface area contributed by atoms with Crippen LogP contribution in [0.2, 0.25) is 5.02 Å². The Morgan fingerprint density at radius 3 is 3.06 bits per heavy atom. The molecular weight excluding hydrogens is 236 g/mol. The van der Waals surface area contributed by atoms with Crippen LogP contribution < -0.4 is 5.32 Å². The van der Waals surface area contributed by atoms with E-state index < -0.39 is 0 Å². The predicted molar refractivity (Wildman–Crippen MR) is 68.0 cm³/mol. The molecule has 0 spiro atoms. The van der Waals surface area contributed by atoms with Gasteiger partial charge in [-0.25, -0.2) is 9.67 Å². The summed E-state index contributed by atoms with van der Waals surface area (Å²) in [6, 6.07) is 7.79. The van der Waals surface area contributed by atoms with E-state index in [0.29, 0.717) is 6.54 Å².